The van der Waals surface area contributed by atoms with Crippen molar-refractivity contribution in [2.75, 3.05) is 31.1 Å². The van der Waals surface area contributed by atoms with Gasteiger partial charge in [-0.15, -0.1) is 0 Å². The Hall–Kier alpha value is -3.95. The maximum atomic E-state index is 13.1. The Morgan fingerprint density at radius 2 is 1.67 bits per heavy atom. The first-order valence-corrected chi connectivity index (χ1v) is 13.1. The van der Waals surface area contributed by atoms with Crippen LogP contribution in [0, 0.1) is 12.8 Å². The molecule has 0 unspecified atom stereocenters. The summed E-state index contributed by atoms with van der Waals surface area (Å²) >= 11 is 0. The molecule has 1 amide bonds. The second-order valence-corrected chi connectivity index (χ2v) is 10.3. The number of carbonyl (C=O) groups excluding carboxylic acids is 1. The Kier molecular flexibility index (Phi) is 7.29. The number of benzene rings is 2. The number of hydrogen-bond donors (Lipinski definition) is 0. The van der Waals surface area contributed by atoms with Crippen molar-refractivity contribution < 1.29 is 18.0 Å². The molecule has 0 atom stereocenters. The molecule has 4 aromatic rings. The van der Waals surface area contributed by atoms with Crippen LogP contribution < -0.4 is 4.90 Å². The van der Waals surface area contributed by atoms with Crippen LogP contribution in [-0.4, -0.2) is 56.7 Å². The Labute approximate surface area is 225 Å². The van der Waals surface area contributed by atoms with E-state index < -0.39 is 11.7 Å². The lowest BCUT2D eigenvalue weighted by Crippen LogP contribution is -2.35. The summed E-state index contributed by atoms with van der Waals surface area (Å²) in [5.74, 6) is 1.64. The minimum atomic E-state index is -4.44. The van der Waals surface area contributed by atoms with Crippen LogP contribution >= 0.6 is 0 Å². The fraction of sp³-hybridized carbons (Fsp3) is 0.379. The molecule has 39 heavy (non-hydrogen) atoms. The number of fused-ring (bicyclic) bond motifs is 1. The molecule has 1 aliphatic rings. The zero-order valence-corrected chi connectivity index (χ0v) is 22.2. The lowest BCUT2D eigenvalue weighted by molar-refractivity contribution is -0.137. The van der Waals surface area contributed by atoms with Crippen LogP contribution in [0.3, 0.4) is 0 Å². The summed E-state index contributed by atoms with van der Waals surface area (Å²) in [4.78, 5) is 26.9. The molecule has 7 nitrogen and oxygen atoms in total. The average molecular weight is 537 g/mol. The maximum Gasteiger partial charge on any atom is 0.416 e. The van der Waals surface area contributed by atoms with Crippen molar-refractivity contribution in [2.24, 2.45) is 5.92 Å². The van der Waals surface area contributed by atoms with E-state index in [1.165, 1.54) is 12.1 Å². The van der Waals surface area contributed by atoms with E-state index in [9.17, 15) is 18.0 Å². The van der Waals surface area contributed by atoms with Crippen LogP contribution in [0.25, 0.3) is 16.7 Å². The molecule has 0 radical (unpaired) electrons. The number of rotatable bonds is 5. The van der Waals surface area contributed by atoms with Gasteiger partial charge in [0.05, 0.1) is 22.3 Å². The summed E-state index contributed by atoms with van der Waals surface area (Å²) in [5, 5.41) is 5.69. The SMILES string of the molecule is Cc1nn(-c2ccccc2)c2nc(CC(C)C)nc(N3CCCN(C(=O)c4ccc(C(F)(F)F)cc4)CC3)c12. The zero-order valence-electron chi connectivity index (χ0n) is 22.2. The molecular formula is C29H31F3N6O. The van der Waals surface area contributed by atoms with Gasteiger partial charge in [-0.3, -0.25) is 4.79 Å². The minimum absolute atomic E-state index is 0.250. The Bertz CT molecular complexity index is 1460. The van der Waals surface area contributed by atoms with E-state index in [1.807, 2.05) is 41.9 Å². The number of carbonyl (C=O) groups is 1. The lowest BCUT2D eigenvalue weighted by Gasteiger charge is -2.24. The van der Waals surface area contributed by atoms with E-state index in [2.05, 4.69) is 18.7 Å². The quantitative estimate of drug-likeness (QED) is 0.328. The number of anilines is 1. The molecule has 2 aromatic heterocycles. The maximum absolute atomic E-state index is 13.1. The van der Waals surface area contributed by atoms with Crippen LogP contribution in [0.4, 0.5) is 19.0 Å². The first-order valence-electron chi connectivity index (χ1n) is 13.1. The molecule has 0 N–H and O–H groups in total. The summed E-state index contributed by atoms with van der Waals surface area (Å²) < 4.78 is 40.7. The normalized spacial score (nSPS) is 14.7. The standard InChI is InChI=1S/C29H31F3N6O/c1-19(2)18-24-33-26(25-20(3)35-38(27(25)34-24)23-8-5-4-6-9-23)36-14-7-15-37(17-16-36)28(39)21-10-12-22(13-11-21)29(30,31)32/h4-6,8-13,19H,7,14-18H2,1-3H3. The number of para-hydroxylation sites is 1. The van der Waals surface area contributed by atoms with E-state index in [4.69, 9.17) is 15.1 Å². The van der Waals surface area contributed by atoms with Gasteiger partial charge < -0.3 is 9.80 Å². The van der Waals surface area contributed by atoms with Crippen molar-refractivity contribution >= 4 is 22.8 Å². The summed E-state index contributed by atoms with van der Waals surface area (Å²) in [6, 6.07) is 14.3. The van der Waals surface area contributed by atoms with Gasteiger partial charge in [-0.25, -0.2) is 14.6 Å². The zero-order chi connectivity index (χ0) is 27.7. The number of amides is 1. The number of alkyl halides is 3. The van der Waals surface area contributed by atoms with Crippen LogP contribution in [0.1, 0.15) is 47.7 Å². The second kappa shape index (κ2) is 10.7. The molecule has 0 aliphatic carbocycles. The topological polar surface area (TPSA) is 67.2 Å². The van der Waals surface area contributed by atoms with Crippen molar-refractivity contribution in [2.45, 2.75) is 39.8 Å². The van der Waals surface area contributed by atoms with E-state index in [1.54, 1.807) is 4.90 Å². The number of halogens is 3. The monoisotopic (exact) mass is 536 g/mol. The number of hydrogen-bond acceptors (Lipinski definition) is 5. The number of nitrogens with zero attached hydrogens (tertiary/aromatic N) is 6. The molecule has 0 saturated carbocycles. The van der Waals surface area contributed by atoms with Crippen molar-refractivity contribution in [3.63, 3.8) is 0 Å². The van der Waals surface area contributed by atoms with Gasteiger partial charge in [-0.2, -0.15) is 18.3 Å². The third kappa shape index (κ3) is 5.60. The predicted molar refractivity (Wildman–Crippen MR) is 144 cm³/mol. The predicted octanol–water partition coefficient (Wildman–Crippen LogP) is 5.69. The van der Waals surface area contributed by atoms with Crippen molar-refractivity contribution in [3.8, 4) is 5.69 Å². The number of aromatic nitrogens is 4. The fourth-order valence-corrected chi connectivity index (χ4v) is 4.96. The van der Waals surface area contributed by atoms with Gasteiger partial charge in [0.2, 0.25) is 0 Å². The van der Waals surface area contributed by atoms with Gasteiger partial charge in [0, 0.05) is 38.2 Å². The molecule has 2 aromatic carbocycles. The molecule has 5 rings (SSSR count). The van der Waals surface area contributed by atoms with Gasteiger partial charge in [0.15, 0.2) is 5.65 Å². The summed E-state index contributed by atoms with van der Waals surface area (Å²) in [7, 11) is 0. The highest BCUT2D eigenvalue weighted by atomic mass is 19.4. The lowest BCUT2D eigenvalue weighted by atomic mass is 10.1. The molecule has 3 heterocycles. The molecule has 1 fully saturated rings. The highest BCUT2D eigenvalue weighted by Gasteiger charge is 2.31. The first kappa shape index (κ1) is 26.6. The average Bonchev–Trinajstić information content (AvgIpc) is 3.07. The highest BCUT2D eigenvalue weighted by molar-refractivity contribution is 5.94. The smallest absolute Gasteiger partial charge is 0.354 e. The summed E-state index contributed by atoms with van der Waals surface area (Å²) in [6.45, 7) is 8.36. The van der Waals surface area contributed by atoms with E-state index in [0.717, 1.165) is 46.2 Å². The third-order valence-corrected chi connectivity index (χ3v) is 6.86. The Morgan fingerprint density at radius 1 is 0.949 bits per heavy atom. The summed E-state index contributed by atoms with van der Waals surface area (Å²) in [6.07, 6.45) is -3.02. The van der Waals surface area contributed by atoms with Crippen molar-refractivity contribution in [1.29, 1.82) is 0 Å². The largest absolute Gasteiger partial charge is 0.416 e. The van der Waals surface area contributed by atoms with Gasteiger partial charge in [0.25, 0.3) is 5.91 Å². The molecular weight excluding hydrogens is 505 g/mol. The van der Waals surface area contributed by atoms with Crippen molar-refractivity contribution in [3.05, 3.63) is 77.2 Å². The van der Waals surface area contributed by atoms with E-state index in [-0.39, 0.29) is 11.5 Å². The van der Waals surface area contributed by atoms with Crippen LogP contribution in [0.2, 0.25) is 0 Å². The van der Waals surface area contributed by atoms with Crippen LogP contribution in [0.5, 0.6) is 0 Å². The van der Waals surface area contributed by atoms with E-state index in [0.29, 0.717) is 44.9 Å². The molecule has 204 valence electrons. The Morgan fingerprint density at radius 3 is 2.33 bits per heavy atom. The minimum Gasteiger partial charge on any atom is -0.354 e. The van der Waals surface area contributed by atoms with Crippen LogP contribution in [-0.2, 0) is 12.6 Å². The fourth-order valence-electron chi connectivity index (χ4n) is 4.96. The van der Waals surface area contributed by atoms with Gasteiger partial charge >= 0.3 is 6.18 Å². The second-order valence-electron chi connectivity index (χ2n) is 10.3. The molecule has 10 heteroatoms. The summed E-state index contributed by atoms with van der Waals surface area (Å²) in [5.41, 5.74) is 1.97. The molecule has 1 saturated heterocycles. The third-order valence-electron chi connectivity index (χ3n) is 6.86. The van der Waals surface area contributed by atoms with Gasteiger partial charge in [-0.1, -0.05) is 32.0 Å². The van der Waals surface area contributed by atoms with E-state index >= 15 is 0 Å². The van der Waals surface area contributed by atoms with Crippen molar-refractivity contribution in [1.82, 2.24) is 24.6 Å². The first-order chi connectivity index (χ1) is 18.6. The highest BCUT2D eigenvalue weighted by Crippen LogP contribution is 2.31. The molecule has 1 aliphatic heterocycles. The number of aryl methyl sites for hydroxylation is 1. The molecule has 0 bridgehead atoms. The Balaban J connectivity index is 1.45. The van der Waals surface area contributed by atoms with Crippen LogP contribution in [0.15, 0.2) is 54.6 Å². The van der Waals surface area contributed by atoms with Gasteiger partial charge in [-0.05, 0) is 55.7 Å². The molecule has 0 spiro atoms. The van der Waals surface area contributed by atoms with Gasteiger partial charge in [0.1, 0.15) is 11.6 Å².